The number of nitrogens with zero attached hydrogens (tertiary/aromatic N) is 1. The highest BCUT2D eigenvalue weighted by molar-refractivity contribution is 8.02. The maximum atomic E-state index is 14.8. The third-order valence-electron chi connectivity index (χ3n) is 6.95. The Kier molecular flexibility index (Phi) is 10.4. The lowest BCUT2D eigenvalue weighted by Crippen LogP contribution is -2.46. The van der Waals surface area contributed by atoms with Crippen molar-refractivity contribution < 1.29 is 31.5 Å². The molecular formula is C30H33F2N3O5S2. The lowest BCUT2D eigenvalue weighted by molar-refractivity contribution is -0.146. The summed E-state index contributed by atoms with van der Waals surface area (Å²) in [6, 6.07) is 17.0. The quantitative estimate of drug-likeness (QED) is 0.305. The van der Waals surface area contributed by atoms with Crippen LogP contribution in [0.3, 0.4) is 0 Å². The van der Waals surface area contributed by atoms with Crippen molar-refractivity contribution in [3.63, 3.8) is 0 Å². The first kappa shape index (κ1) is 31.6. The van der Waals surface area contributed by atoms with E-state index >= 15 is 0 Å². The lowest BCUT2D eigenvalue weighted by Gasteiger charge is -2.26. The molecule has 1 saturated heterocycles. The molecule has 1 heterocycles. The van der Waals surface area contributed by atoms with Gasteiger partial charge in [0.25, 0.3) is 0 Å². The number of rotatable bonds is 11. The number of carbonyl (C=O) groups is 2. The second-order valence-corrected chi connectivity index (χ2v) is 13.2. The molecule has 0 aliphatic carbocycles. The van der Waals surface area contributed by atoms with Crippen LogP contribution in [0.5, 0.6) is 0 Å². The van der Waals surface area contributed by atoms with E-state index in [2.05, 4.69) is 5.32 Å². The van der Waals surface area contributed by atoms with Gasteiger partial charge in [-0.3, -0.25) is 9.59 Å². The minimum atomic E-state index is -4.07. The van der Waals surface area contributed by atoms with Gasteiger partial charge in [0.1, 0.15) is 23.1 Å². The Hall–Kier alpha value is -3.32. The van der Waals surface area contributed by atoms with Crippen molar-refractivity contribution in [2.24, 2.45) is 11.7 Å². The molecule has 4 rings (SSSR count). The number of ether oxygens (including phenoxy) is 1. The number of carbonyl (C=O) groups excluding carboxylic acids is 2. The summed E-state index contributed by atoms with van der Waals surface area (Å²) >= 11 is 1.11. The Labute approximate surface area is 248 Å². The topological polar surface area (TPSA) is 119 Å². The van der Waals surface area contributed by atoms with Crippen LogP contribution < -0.4 is 11.1 Å². The molecular weight excluding hydrogens is 584 g/mol. The summed E-state index contributed by atoms with van der Waals surface area (Å²) in [5.41, 5.74) is 7.17. The molecule has 3 N–H and O–H groups in total. The monoisotopic (exact) mass is 617 g/mol. The summed E-state index contributed by atoms with van der Waals surface area (Å²) in [6.07, 6.45) is -0.161. The number of amides is 1. The molecule has 1 amide bonds. The molecule has 0 saturated carbocycles. The van der Waals surface area contributed by atoms with Crippen LogP contribution in [0.2, 0.25) is 0 Å². The fourth-order valence-corrected chi connectivity index (χ4v) is 7.60. The second kappa shape index (κ2) is 13.8. The highest BCUT2D eigenvalue weighted by atomic mass is 32.2. The molecule has 3 aromatic rings. The molecule has 0 unspecified atom stereocenters. The average Bonchev–Trinajstić information content (AvgIpc) is 3.48. The summed E-state index contributed by atoms with van der Waals surface area (Å²) in [7, 11) is -4.07. The molecule has 0 radical (unpaired) electrons. The first-order valence-corrected chi connectivity index (χ1v) is 15.9. The normalized spacial score (nSPS) is 17.1. The number of sulfonamides is 1. The number of nitrogens with two attached hydrogens (primary N) is 1. The van der Waals surface area contributed by atoms with Crippen LogP contribution in [0.25, 0.3) is 11.1 Å². The zero-order valence-electron chi connectivity index (χ0n) is 23.2. The number of nitrogens with one attached hydrogen (secondary N) is 1. The molecule has 3 atom stereocenters. The van der Waals surface area contributed by atoms with Crippen molar-refractivity contribution in [2.45, 2.75) is 42.6 Å². The van der Waals surface area contributed by atoms with Crippen LogP contribution in [0.4, 0.5) is 8.78 Å². The van der Waals surface area contributed by atoms with Crippen LogP contribution in [-0.4, -0.2) is 54.9 Å². The third-order valence-corrected chi connectivity index (χ3v) is 10.2. The molecule has 224 valence electrons. The lowest BCUT2D eigenvalue weighted by atomic mass is 10.0. The molecule has 3 aromatic carbocycles. The van der Waals surface area contributed by atoms with Gasteiger partial charge in [-0.05, 0) is 41.3 Å². The molecule has 0 spiro atoms. The zero-order chi connectivity index (χ0) is 30.4. The molecule has 0 bridgehead atoms. The number of halogens is 2. The van der Waals surface area contributed by atoms with E-state index in [9.17, 15) is 26.8 Å². The van der Waals surface area contributed by atoms with Gasteiger partial charge in [-0.25, -0.2) is 17.2 Å². The van der Waals surface area contributed by atoms with Crippen molar-refractivity contribution in [3.05, 3.63) is 90.0 Å². The summed E-state index contributed by atoms with van der Waals surface area (Å²) in [6.45, 7) is 3.31. The molecule has 8 nitrogen and oxygen atoms in total. The van der Waals surface area contributed by atoms with Crippen LogP contribution >= 0.6 is 11.8 Å². The van der Waals surface area contributed by atoms with Crippen LogP contribution in [0, 0.1) is 17.6 Å². The van der Waals surface area contributed by atoms with E-state index in [0.717, 1.165) is 39.3 Å². The molecule has 1 fully saturated rings. The smallest absolute Gasteiger partial charge is 0.323 e. The first-order valence-electron chi connectivity index (χ1n) is 13.5. The van der Waals surface area contributed by atoms with Crippen molar-refractivity contribution in [3.8, 4) is 11.1 Å². The highest BCUT2D eigenvalue weighted by Gasteiger charge is 2.41. The second-order valence-electron chi connectivity index (χ2n) is 10.2. The number of benzene rings is 3. The standard InChI is InChI=1S/C30H33F2N3O5S2/c1-19(2)27(33)30(37)40-17-15-25(26-23(31)9-6-10-24(26)32)34-28(36)29-35(16-18-41-29)42(38,39)22-13-11-21(12-14-22)20-7-4-3-5-8-20/h3-14,19,25,27,29H,15-18,33H2,1-2H3,(H,34,36)/t25-,27-,29-/m0/s1. The Balaban J connectivity index is 1.52. The van der Waals surface area contributed by atoms with Gasteiger partial charge in [0.15, 0.2) is 0 Å². The van der Waals surface area contributed by atoms with Crippen molar-refractivity contribution >= 4 is 33.7 Å². The van der Waals surface area contributed by atoms with Gasteiger partial charge in [-0.15, -0.1) is 11.8 Å². The molecule has 1 aliphatic heterocycles. The van der Waals surface area contributed by atoms with Crippen LogP contribution in [-0.2, 0) is 24.3 Å². The maximum absolute atomic E-state index is 14.8. The van der Waals surface area contributed by atoms with Gasteiger partial charge in [0, 0.05) is 24.3 Å². The SMILES string of the molecule is CC(C)[C@H](N)C(=O)OCC[C@H](NC(=O)[C@@H]1SCCN1S(=O)(=O)c1ccc(-c2ccccc2)cc1)c1c(F)cccc1F. The predicted octanol–water partition coefficient (Wildman–Crippen LogP) is 4.47. The first-order chi connectivity index (χ1) is 20.0. The van der Waals surface area contributed by atoms with Crippen LogP contribution in [0.1, 0.15) is 31.9 Å². The van der Waals surface area contributed by atoms with Gasteiger partial charge >= 0.3 is 5.97 Å². The van der Waals surface area contributed by atoms with E-state index < -0.39 is 56.6 Å². The van der Waals surface area contributed by atoms with E-state index in [4.69, 9.17) is 10.5 Å². The van der Waals surface area contributed by atoms with Gasteiger partial charge in [-0.1, -0.05) is 62.4 Å². The van der Waals surface area contributed by atoms with Crippen molar-refractivity contribution in [2.75, 3.05) is 18.9 Å². The van der Waals surface area contributed by atoms with Crippen LogP contribution in [0.15, 0.2) is 77.7 Å². The Morgan fingerprint density at radius 1 is 1.00 bits per heavy atom. The number of hydrogen-bond acceptors (Lipinski definition) is 7. The third kappa shape index (κ3) is 7.17. The summed E-state index contributed by atoms with van der Waals surface area (Å²) in [5, 5.41) is 1.43. The largest absolute Gasteiger partial charge is 0.464 e. The Morgan fingerprint density at radius 2 is 1.62 bits per heavy atom. The number of thioether (sulfide) groups is 1. The van der Waals surface area contributed by atoms with Crippen molar-refractivity contribution in [1.82, 2.24) is 9.62 Å². The minimum absolute atomic E-state index is 0.0209. The van der Waals surface area contributed by atoms with E-state index in [1.807, 2.05) is 30.3 Å². The van der Waals surface area contributed by atoms with Gasteiger partial charge in [0.05, 0.1) is 17.5 Å². The fraction of sp³-hybridized carbons (Fsp3) is 0.333. The van der Waals surface area contributed by atoms with Gasteiger partial charge < -0.3 is 15.8 Å². The highest BCUT2D eigenvalue weighted by Crippen LogP contribution is 2.33. The summed E-state index contributed by atoms with van der Waals surface area (Å²) < 4.78 is 63.0. The molecule has 42 heavy (non-hydrogen) atoms. The Bertz CT molecular complexity index is 1480. The predicted molar refractivity (Wildman–Crippen MR) is 158 cm³/mol. The van der Waals surface area contributed by atoms with Gasteiger partial charge in [0.2, 0.25) is 15.9 Å². The van der Waals surface area contributed by atoms with Gasteiger partial charge in [-0.2, -0.15) is 4.31 Å². The van der Waals surface area contributed by atoms with Crippen molar-refractivity contribution in [1.29, 1.82) is 0 Å². The average molecular weight is 618 g/mol. The van der Waals surface area contributed by atoms with E-state index in [-0.39, 0.29) is 30.4 Å². The minimum Gasteiger partial charge on any atom is -0.464 e. The molecule has 0 aromatic heterocycles. The molecule has 1 aliphatic rings. The Morgan fingerprint density at radius 3 is 2.24 bits per heavy atom. The van der Waals surface area contributed by atoms with E-state index in [1.165, 1.54) is 18.2 Å². The fourth-order valence-electron chi connectivity index (χ4n) is 4.51. The maximum Gasteiger partial charge on any atom is 0.323 e. The zero-order valence-corrected chi connectivity index (χ0v) is 24.8. The van der Waals surface area contributed by atoms with E-state index in [0.29, 0.717) is 5.75 Å². The summed E-state index contributed by atoms with van der Waals surface area (Å²) in [5.74, 6) is -3.03. The number of esters is 1. The number of hydrogen-bond donors (Lipinski definition) is 2. The van der Waals surface area contributed by atoms with E-state index in [1.54, 1.807) is 26.0 Å². The summed E-state index contributed by atoms with van der Waals surface area (Å²) in [4.78, 5) is 25.7. The molecule has 12 heteroatoms.